The van der Waals surface area contributed by atoms with Gasteiger partial charge in [0.1, 0.15) is 4.90 Å². The van der Waals surface area contributed by atoms with Crippen molar-refractivity contribution in [3.05, 3.63) is 64.5 Å². The van der Waals surface area contributed by atoms with Crippen molar-refractivity contribution in [2.45, 2.75) is 11.1 Å². The van der Waals surface area contributed by atoms with Crippen molar-refractivity contribution in [2.75, 3.05) is 4.72 Å². The number of sulfonamides is 1. The maximum Gasteiger partial charge on any atom is 0.417 e. The number of halogens is 5. The Bertz CT molecular complexity index is 1080. The van der Waals surface area contributed by atoms with Crippen molar-refractivity contribution in [1.82, 2.24) is 14.8 Å². The van der Waals surface area contributed by atoms with Crippen molar-refractivity contribution >= 4 is 38.9 Å². The van der Waals surface area contributed by atoms with Crippen molar-refractivity contribution < 1.29 is 21.6 Å². The van der Waals surface area contributed by atoms with Crippen LogP contribution in [0, 0.1) is 0 Å². The van der Waals surface area contributed by atoms with Crippen LogP contribution in [0.25, 0.3) is 5.82 Å². The fraction of sp³-hybridized carbons (Fsp3) is 0.0667. The van der Waals surface area contributed by atoms with E-state index in [9.17, 15) is 21.6 Å². The van der Waals surface area contributed by atoms with Crippen LogP contribution < -0.4 is 4.72 Å². The molecular formula is C15H9Cl2F3N4O2S. The first-order chi connectivity index (χ1) is 12.6. The molecule has 2 heterocycles. The Hall–Kier alpha value is -2.30. The molecule has 3 aromatic rings. The van der Waals surface area contributed by atoms with Gasteiger partial charge in [-0.15, -0.1) is 0 Å². The van der Waals surface area contributed by atoms with Crippen LogP contribution in [0.3, 0.4) is 0 Å². The summed E-state index contributed by atoms with van der Waals surface area (Å²) in [4.78, 5) is 3.40. The summed E-state index contributed by atoms with van der Waals surface area (Å²) in [6, 6.07) is 6.65. The molecule has 0 fully saturated rings. The minimum Gasteiger partial charge on any atom is -0.280 e. The van der Waals surface area contributed by atoms with Gasteiger partial charge in [-0.1, -0.05) is 23.2 Å². The number of pyridine rings is 1. The zero-order valence-electron chi connectivity index (χ0n) is 13.1. The second-order valence-corrected chi connectivity index (χ2v) is 7.79. The number of nitrogens with zero attached hydrogens (tertiary/aromatic N) is 3. The maximum atomic E-state index is 12.7. The van der Waals surface area contributed by atoms with E-state index in [-0.39, 0.29) is 21.4 Å². The van der Waals surface area contributed by atoms with Gasteiger partial charge >= 0.3 is 6.18 Å². The average molecular weight is 437 g/mol. The van der Waals surface area contributed by atoms with Gasteiger partial charge in [0.2, 0.25) is 0 Å². The van der Waals surface area contributed by atoms with Gasteiger partial charge < -0.3 is 0 Å². The van der Waals surface area contributed by atoms with Gasteiger partial charge in [-0.05, 0) is 30.3 Å². The Morgan fingerprint density at radius 3 is 2.33 bits per heavy atom. The molecule has 2 aromatic heterocycles. The van der Waals surface area contributed by atoms with Crippen LogP contribution in [0.1, 0.15) is 5.56 Å². The lowest BCUT2D eigenvalue weighted by Gasteiger charge is -2.09. The van der Waals surface area contributed by atoms with Gasteiger partial charge in [-0.25, -0.2) is 18.1 Å². The highest BCUT2D eigenvalue weighted by molar-refractivity contribution is 7.92. The fourth-order valence-electron chi connectivity index (χ4n) is 2.05. The predicted molar refractivity (Wildman–Crippen MR) is 93.6 cm³/mol. The van der Waals surface area contributed by atoms with Crippen molar-refractivity contribution in [3.8, 4) is 5.82 Å². The van der Waals surface area contributed by atoms with Gasteiger partial charge in [0.15, 0.2) is 5.82 Å². The van der Waals surface area contributed by atoms with Gasteiger partial charge in [0.05, 0.1) is 23.0 Å². The SMILES string of the molecule is O=S(=O)(Nc1ccc(Cl)cc1)c1cnn(-c2ncc(C(F)(F)F)cc2Cl)c1. The number of rotatable bonds is 4. The number of hydrogen-bond acceptors (Lipinski definition) is 4. The number of alkyl halides is 3. The topological polar surface area (TPSA) is 76.9 Å². The molecule has 1 aromatic carbocycles. The lowest BCUT2D eigenvalue weighted by Crippen LogP contribution is -2.12. The van der Waals surface area contributed by atoms with E-state index in [1.165, 1.54) is 24.3 Å². The largest absolute Gasteiger partial charge is 0.417 e. The summed E-state index contributed by atoms with van der Waals surface area (Å²) in [6.45, 7) is 0. The number of nitrogens with one attached hydrogen (secondary N) is 1. The molecule has 12 heteroatoms. The van der Waals surface area contributed by atoms with E-state index in [0.717, 1.165) is 17.1 Å². The summed E-state index contributed by atoms with van der Waals surface area (Å²) in [5.74, 6) is -0.141. The molecule has 0 saturated heterocycles. The quantitative estimate of drug-likeness (QED) is 0.657. The smallest absolute Gasteiger partial charge is 0.280 e. The summed E-state index contributed by atoms with van der Waals surface area (Å²) >= 11 is 11.6. The van der Waals surface area contributed by atoms with Crippen LogP contribution in [-0.2, 0) is 16.2 Å². The standard InChI is InChI=1S/C15H9Cl2F3N4O2S/c16-10-1-3-11(4-2-10)23-27(25,26)12-7-22-24(8-12)14-13(17)5-9(6-21-14)15(18,19)20/h1-8,23H. The van der Waals surface area contributed by atoms with Crippen LogP contribution in [0.4, 0.5) is 18.9 Å². The third-order valence-electron chi connectivity index (χ3n) is 3.33. The Morgan fingerprint density at radius 2 is 1.74 bits per heavy atom. The summed E-state index contributed by atoms with van der Waals surface area (Å²) in [6.07, 6.45) is -1.91. The molecule has 142 valence electrons. The van der Waals surface area contributed by atoms with Crippen LogP contribution in [0.15, 0.2) is 53.8 Å². The Labute approximate surface area is 161 Å². The van der Waals surface area contributed by atoms with Crippen LogP contribution in [0.5, 0.6) is 0 Å². The number of benzene rings is 1. The Morgan fingerprint density at radius 1 is 1.07 bits per heavy atom. The molecule has 0 spiro atoms. The molecule has 0 saturated carbocycles. The molecule has 0 amide bonds. The second kappa shape index (κ2) is 7.02. The predicted octanol–water partition coefficient (Wildman–Crippen LogP) is 4.39. The van der Waals surface area contributed by atoms with Gasteiger partial charge in [0, 0.05) is 16.9 Å². The third kappa shape index (κ3) is 4.34. The Balaban J connectivity index is 1.89. The molecule has 0 radical (unpaired) electrons. The molecule has 0 unspecified atom stereocenters. The number of aromatic nitrogens is 3. The molecule has 0 bridgehead atoms. The lowest BCUT2D eigenvalue weighted by atomic mass is 10.3. The van der Waals surface area contributed by atoms with E-state index in [0.29, 0.717) is 17.3 Å². The molecular weight excluding hydrogens is 428 g/mol. The molecule has 6 nitrogen and oxygen atoms in total. The normalized spacial score (nSPS) is 12.2. The fourth-order valence-corrected chi connectivity index (χ4v) is 3.41. The van der Waals surface area contributed by atoms with E-state index in [4.69, 9.17) is 23.2 Å². The summed E-state index contributed by atoms with van der Waals surface area (Å²) in [7, 11) is -3.98. The molecule has 1 N–H and O–H groups in total. The molecule has 0 aliphatic rings. The summed E-state index contributed by atoms with van der Waals surface area (Å²) in [5.41, 5.74) is -0.751. The van der Waals surface area contributed by atoms with Crippen LogP contribution in [0.2, 0.25) is 10.0 Å². The van der Waals surface area contributed by atoms with E-state index in [2.05, 4.69) is 14.8 Å². The molecule has 0 atom stereocenters. The first-order valence-electron chi connectivity index (χ1n) is 7.12. The minimum atomic E-state index is -4.60. The first-order valence-corrected chi connectivity index (χ1v) is 9.36. The van der Waals surface area contributed by atoms with E-state index in [1.54, 1.807) is 0 Å². The molecule has 0 aliphatic heterocycles. The third-order valence-corrected chi connectivity index (χ3v) is 5.20. The highest BCUT2D eigenvalue weighted by atomic mass is 35.5. The lowest BCUT2D eigenvalue weighted by molar-refractivity contribution is -0.137. The van der Waals surface area contributed by atoms with Crippen LogP contribution in [-0.4, -0.2) is 23.2 Å². The molecule has 0 aliphatic carbocycles. The molecule has 3 rings (SSSR count). The monoisotopic (exact) mass is 436 g/mol. The molecule has 27 heavy (non-hydrogen) atoms. The van der Waals surface area contributed by atoms with Crippen molar-refractivity contribution in [1.29, 1.82) is 0 Å². The van der Waals surface area contributed by atoms with Gasteiger partial charge in [-0.3, -0.25) is 4.72 Å². The van der Waals surface area contributed by atoms with E-state index < -0.39 is 21.8 Å². The second-order valence-electron chi connectivity index (χ2n) is 5.26. The zero-order chi connectivity index (χ0) is 19.8. The van der Waals surface area contributed by atoms with E-state index >= 15 is 0 Å². The average Bonchev–Trinajstić information content (AvgIpc) is 3.06. The summed E-state index contributed by atoms with van der Waals surface area (Å²) < 4.78 is 66.1. The van der Waals surface area contributed by atoms with E-state index in [1.807, 2.05) is 0 Å². The number of anilines is 1. The Kier molecular flexibility index (Phi) is 5.06. The van der Waals surface area contributed by atoms with Crippen molar-refractivity contribution in [3.63, 3.8) is 0 Å². The first kappa shape index (κ1) is 19.5. The maximum absolute atomic E-state index is 12.7. The van der Waals surface area contributed by atoms with Gasteiger partial charge in [-0.2, -0.15) is 18.3 Å². The minimum absolute atomic E-state index is 0.141. The highest BCUT2D eigenvalue weighted by Crippen LogP contribution is 2.32. The highest BCUT2D eigenvalue weighted by Gasteiger charge is 2.32. The zero-order valence-corrected chi connectivity index (χ0v) is 15.4. The van der Waals surface area contributed by atoms with Crippen LogP contribution >= 0.6 is 23.2 Å². The van der Waals surface area contributed by atoms with Crippen molar-refractivity contribution in [2.24, 2.45) is 0 Å². The summed E-state index contributed by atoms with van der Waals surface area (Å²) in [5, 5.41) is 3.92. The number of hydrogen-bond donors (Lipinski definition) is 1. The van der Waals surface area contributed by atoms with Gasteiger partial charge in [0.25, 0.3) is 10.0 Å².